The zero-order chi connectivity index (χ0) is 21.2. The third-order valence-corrected chi connectivity index (χ3v) is 5.66. The summed E-state index contributed by atoms with van der Waals surface area (Å²) >= 11 is 0. The van der Waals surface area contributed by atoms with Crippen LogP contribution in [0.4, 0.5) is 5.69 Å². The first-order chi connectivity index (χ1) is 15.2. The van der Waals surface area contributed by atoms with Gasteiger partial charge >= 0.3 is 0 Å². The minimum absolute atomic E-state index is 0.832. The van der Waals surface area contributed by atoms with Gasteiger partial charge in [-0.2, -0.15) is 0 Å². The molecule has 3 nitrogen and oxygen atoms in total. The highest BCUT2D eigenvalue weighted by Gasteiger charge is 2.16. The quantitative estimate of drug-likeness (QED) is 0.299. The Kier molecular flexibility index (Phi) is 4.93. The van der Waals surface area contributed by atoms with Crippen LogP contribution in [-0.2, 0) is 7.05 Å². The number of para-hydroxylation sites is 1. The van der Waals surface area contributed by atoms with Crippen LogP contribution in [0.5, 0.6) is 0 Å². The summed E-state index contributed by atoms with van der Waals surface area (Å²) in [5.74, 6) is 0.832. The molecule has 0 saturated heterocycles. The number of hydrogen-bond donors (Lipinski definition) is 0. The Morgan fingerprint density at radius 3 is 1.97 bits per heavy atom. The van der Waals surface area contributed by atoms with Crippen molar-refractivity contribution in [3.05, 3.63) is 108 Å². The summed E-state index contributed by atoms with van der Waals surface area (Å²) in [6, 6.07) is 33.4. The zero-order valence-electron chi connectivity index (χ0n) is 17.7. The monoisotopic (exact) mass is 401 g/mol. The lowest BCUT2D eigenvalue weighted by Crippen LogP contribution is -1.97. The minimum atomic E-state index is 0.832. The van der Waals surface area contributed by atoms with Crippen molar-refractivity contribution in [2.75, 3.05) is 0 Å². The lowest BCUT2D eigenvalue weighted by molar-refractivity contribution is 0.935. The number of hydrogen-bond acceptors (Lipinski definition) is 2. The van der Waals surface area contributed by atoms with Gasteiger partial charge in [0.1, 0.15) is 0 Å². The first-order valence-corrected chi connectivity index (χ1v) is 10.4. The molecule has 0 unspecified atom stereocenters. The normalized spacial score (nSPS) is 11.4. The fourth-order valence-corrected chi connectivity index (χ4v) is 3.99. The summed E-state index contributed by atoms with van der Waals surface area (Å²) < 4.78 is 2.14. The maximum atomic E-state index is 5.03. The first kappa shape index (κ1) is 19.0. The molecule has 4 aromatic carbocycles. The van der Waals surface area contributed by atoms with E-state index < -0.39 is 0 Å². The fourth-order valence-electron chi connectivity index (χ4n) is 3.99. The van der Waals surface area contributed by atoms with Crippen LogP contribution >= 0.6 is 0 Å². The predicted molar refractivity (Wildman–Crippen MR) is 130 cm³/mol. The molecule has 0 aliphatic heterocycles. The molecule has 5 aromatic rings. The summed E-state index contributed by atoms with van der Waals surface area (Å²) in [5, 5.41) is 0. The first-order valence-electron chi connectivity index (χ1n) is 10.4. The van der Waals surface area contributed by atoms with Crippen LogP contribution in [0.15, 0.2) is 102 Å². The second-order valence-corrected chi connectivity index (χ2v) is 7.66. The van der Waals surface area contributed by atoms with Gasteiger partial charge in [-0.25, -0.2) is 4.98 Å². The number of rotatable bonds is 4. The van der Waals surface area contributed by atoms with Gasteiger partial charge in [0.2, 0.25) is 0 Å². The van der Waals surface area contributed by atoms with Gasteiger partial charge in [-0.1, -0.05) is 91.0 Å². The Labute approximate surface area is 182 Å². The van der Waals surface area contributed by atoms with Gasteiger partial charge in [-0.15, -0.1) is 0 Å². The molecule has 0 spiro atoms. The van der Waals surface area contributed by atoms with Crippen LogP contribution in [0.2, 0.25) is 0 Å². The number of nitrogens with zero attached hydrogens (tertiary/aromatic N) is 3. The van der Waals surface area contributed by atoms with Crippen LogP contribution in [0.3, 0.4) is 0 Å². The Morgan fingerprint density at radius 2 is 1.29 bits per heavy atom. The van der Waals surface area contributed by atoms with Crippen LogP contribution in [0, 0.1) is 6.92 Å². The molecule has 0 radical (unpaired) electrons. The Bertz CT molecular complexity index is 1380. The molecule has 0 bridgehead atoms. The van der Waals surface area contributed by atoms with E-state index in [2.05, 4.69) is 85.3 Å². The van der Waals surface area contributed by atoms with Crippen LogP contribution in [0.25, 0.3) is 33.3 Å². The average Bonchev–Trinajstić information content (AvgIpc) is 3.15. The van der Waals surface area contributed by atoms with E-state index in [0.29, 0.717) is 0 Å². The molecule has 0 aliphatic carbocycles. The van der Waals surface area contributed by atoms with Gasteiger partial charge in [0.25, 0.3) is 0 Å². The molecule has 1 heterocycles. The standard InChI is InChI=1S/C28H23N3/c1-20-11-9-10-16-25(20)29-19-26-30-27-23(21-12-5-3-6-13-21)17-18-24(28(27)31(26)2)22-14-7-4-8-15-22/h3-19H,1-2H3. The molecular weight excluding hydrogens is 378 g/mol. The average molecular weight is 402 g/mol. The second kappa shape index (κ2) is 8.04. The van der Waals surface area contributed by atoms with Crippen molar-refractivity contribution in [2.45, 2.75) is 6.92 Å². The highest BCUT2D eigenvalue weighted by Crippen LogP contribution is 2.35. The number of aromatic nitrogens is 2. The van der Waals surface area contributed by atoms with Gasteiger partial charge in [0, 0.05) is 18.2 Å². The third kappa shape index (κ3) is 3.55. The van der Waals surface area contributed by atoms with Gasteiger partial charge in [0.15, 0.2) is 5.82 Å². The SMILES string of the molecule is Cc1ccccc1N=Cc1nc2c(-c3ccccc3)ccc(-c3ccccc3)c2n1C. The van der Waals surface area contributed by atoms with Crippen molar-refractivity contribution in [2.24, 2.45) is 12.0 Å². The highest BCUT2D eigenvalue weighted by atomic mass is 15.1. The molecule has 0 fully saturated rings. The summed E-state index contributed by atoms with van der Waals surface area (Å²) in [6.07, 6.45) is 1.87. The summed E-state index contributed by atoms with van der Waals surface area (Å²) in [7, 11) is 2.07. The Morgan fingerprint density at radius 1 is 0.710 bits per heavy atom. The highest BCUT2D eigenvalue weighted by molar-refractivity contribution is 6.03. The summed E-state index contributed by atoms with van der Waals surface area (Å²) in [5.41, 5.74) is 8.83. The van der Waals surface area contributed by atoms with E-state index in [9.17, 15) is 0 Å². The molecule has 0 atom stereocenters. The third-order valence-electron chi connectivity index (χ3n) is 5.66. The van der Waals surface area contributed by atoms with Gasteiger partial charge in [-0.05, 0) is 29.7 Å². The van der Waals surface area contributed by atoms with E-state index in [1.165, 1.54) is 11.1 Å². The molecular formula is C28H23N3. The lowest BCUT2D eigenvalue weighted by atomic mass is 9.98. The van der Waals surface area contributed by atoms with Crippen LogP contribution < -0.4 is 0 Å². The fraction of sp³-hybridized carbons (Fsp3) is 0.0714. The molecule has 1 aromatic heterocycles. The summed E-state index contributed by atoms with van der Waals surface area (Å²) in [4.78, 5) is 9.76. The predicted octanol–water partition coefficient (Wildman–Crippen LogP) is 6.97. The maximum Gasteiger partial charge on any atom is 0.152 e. The molecule has 3 heteroatoms. The van der Waals surface area contributed by atoms with Crippen molar-refractivity contribution < 1.29 is 0 Å². The Balaban J connectivity index is 1.73. The van der Waals surface area contributed by atoms with Crippen molar-refractivity contribution in [3.8, 4) is 22.3 Å². The molecule has 5 rings (SSSR count). The molecule has 0 amide bonds. The lowest BCUT2D eigenvalue weighted by Gasteiger charge is -2.10. The van der Waals surface area contributed by atoms with Crippen molar-refractivity contribution in [3.63, 3.8) is 0 Å². The minimum Gasteiger partial charge on any atom is -0.326 e. The smallest absolute Gasteiger partial charge is 0.152 e. The molecule has 31 heavy (non-hydrogen) atoms. The molecule has 0 saturated carbocycles. The van der Waals surface area contributed by atoms with Gasteiger partial charge in [-0.3, -0.25) is 4.99 Å². The van der Waals surface area contributed by atoms with E-state index in [1.807, 2.05) is 36.5 Å². The number of aliphatic imine (C=N–C) groups is 1. The number of fused-ring (bicyclic) bond motifs is 1. The van der Waals surface area contributed by atoms with Crippen LogP contribution in [0.1, 0.15) is 11.4 Å². The molecule has 0 aliphatic rings. The van der Waals surface area contributed by atoms with Gasteiger partial charge < -0.3 is 4.57 Å². The summed E-state index contributed by atoms with van der Waals surface area (Å²) in [6.45, 7) is 2.07. The number of benzene rings is 4. The van der Waals surface area contributed by atoms with Crippen molar-refractivity contribution in [1.29, 1.82) is 0 Å². The van der Waals surface area contributed by atoms with E-state index >= 15 is 0 Å². The van der Waals surface area contributed by atoms with E-state index in [4.69, 9.17) is 9.98 Å². The van der Waals surface area contributed by atoms with Gasteiger partial charge in [0.05, 0.1) is 22.9 Å². The maximum absolute atomic E-state index is 5.03. The van der Waals surface area contributed by atoms with Crippen molar-refractivity contribution >= 4 is 22.9 Å². The van der Waals surface area contributed by atoms with Crippen LogP contribution in [-0.4, -0.2) is 15.8 Å². The number of aryl methyl sites for hydroxylation is 2. The van der Waals surface area contributed by atoms with E-state index in [1.54, 1.807) is 0 Å². The largest absolute Gasteiger partial charge is 0.326 e. The molecule has 0 N–H and O–H groups in total. The second-order valence-electron chi connectivity index (χ2n) is 7.66. The Hall–Kier alpha value is -3.98. The molecule has 150 valence electrons. The number of imidazole rings is 1. The van der Waals surface area contributed by atoms with E-state index in [-0.39, 0.29) is 0 Å². The topological polar surface area (TPSA) is 30.2 Å². The zero-order valence-corrected chi connectivity index (χ0v) is 17.7. The van der Waals surface area contributed by atoms with E-state index in [0.717, 1.165) is 39.2 Å². The van der Waals surface area contributed by atoms with Crippen molar-refractivity contribution in [1.82, 2.24) is 9.55 Å².